The van der Waals surface area contributed by atoms with Gasteiger partial charge in [0.05, 0.1) is 11.1 Å². The van der Waals surface area contributed by atoms with Crippen LogP contribution in [-0.4, -0.2) is 21.9 Å². The molecule has 0 aliphatic heterocycles. The number of nitriles is 2. The van der Waals surface area contributed by atoms with Crippen LogP contribution in [0.1, 0.15) is 42.4 Å². The number of nitrogens with two attached hydrogens (primary N) is 1. The molecule has 26 heavy (non-hydrogen) atoms. The van der Waals surface area contributed by atoms with Gasteiger partial charge in [-0.25, -0.2) is 9.98 Å². The first kappa shape index (κ1) is 17.7. The average molecular weight is 369 g/mol. The van der Waals surface area contributed by atoms with Gasteiger partial charge in [-0.2, -0.15) is 10.5 Å². The summed E-state index contributed by atoms with van der Waals surface area (Å²) in [7, 11) is 0. The van der Waals surface area contributed by atoms with Gasteiger partial charge < -0.3 is 10.8 Å². The highest BCUT2D eigenvalue weighted by Crippen LogP contribution is 2.45. The summed E-state index contributed by atoms with van der Waals surface area (Å²) >= 11 is 1.07. The van der Waals surface area contributed by atoms with Crippen LogP contribution in [0.5, 0.6) is 0 Å². The van der Waals surface area contributed by atoms with Crippen molar-refractivity contribution in [3.8, 4) is 12.1 Å². The van der Waals surface area contributed by atoms with Crippen molar-refractivity contribution in [3.63, 3.8) is 0 Å². The zero-order valence-corrected chi connectivity index (χ0v) is 14.8. The third-order valence-corrected chi connectivity index (χ3v) is 4.79. The number of anilines is 1. The first-order valence-corrected chi connectivity index (χ1v) is 8.93. The second kappa shape index (κ2) is 7.42. The topological polar surface area (TPSA) is 152 Å². The monoisotopic (exact) mass is 369 g/mol. The first-order valence-electron chi connectivity index (χ1n) is 7.94. The van der Waals surface area contributed by atoms with Crippen molar-refractivity contribution in [3.05, 3.63) is 22.9 Å². The second-order valence-corrected chi connectivity index (χ2v) is 6.62. The normalized spacial score (nSPS) is 14.0. The molecule has 0 spiro atoms. The molecular weight excluding hydrogens is 354 g/mol. The van der Waals surface area contributed by atoms with Crippen LogP contribution in [0.3, 0.4) is 0 Å². The van der Waals surface area contributed by atoms with Crippen LogP contribution in [0.2, 0.25) is 0 Å². The van der Waals surface area contributed by atoms with Gasteiger partial charge in [-0.05, 0) is 37.1 Å². The highest BCUT2D eigenvalue weighted by Gasteiger charge is 2.32. The lowest BCUT2D eigenvalue weighted by Gasteiger charge is -2.13. The van der Waals surface area contributed by atoms with E-state index in [4.69, 9.17) is 10.3 Å². The van der Waals surface area contributed by atoms with Crippen LogP contribution >= 0.6 is 11.8 Å². The summed E-state index contributed by atoms with van der Waals surface area (Å²) in [6.45, 7) is 2.48. The fourth-order valence-electron chi connectivity index (χ4n) is 2.46. The predicted molar refractivity (Wildman–Crippen MR) is 90.2 cm³/mol. The Labute approximate surface area is 153 Å². The summed E-state index contributed by atoms with van der Waals surface area (Å²) in [4.78, 5) is 7.96. The lowest BCUT2D eigenvalue weighted by atomic mass is 10.0. The number of hydrogen-bond donors (Lipinski definition) is 1. The van der Waals surface area contributed by atoms with Gasteiger partial charge in [0.15, 0.2) is 6.54 Å². The molecule has 2 heterocycles. The number of pyridine rings is 1. The number of nitrogens with zero attached hydrogens (tertiary/aromatic N) is 6. The van der Waals surface area contributed by atoms with Crippen molar-refractivity contribution >= 4 is 29.4 Å². The van der Waals surface area contributed by atoms with Crippen molar-refractivity contribution in [2.24, 2.45) is 4.99 Å². The van der Waals surface area contributed by atoms with E-state index in [2.05, 4.69) is 21.3 Å². The summed E-state index contributed by atoms with van der Waals surface area (Å²) < 4.78 is 6.44. The van der Waals surface area contributed by atoms with Crippen LogP contribution in [-0.2, 0) is 6.54 Å². The molecule has 1 saturated carbocycles. The van der Waals surface area contributed by atoms with E-state index < -0.39 is 5.90 Å². The molecule has 0 amide bonds. The number of rotatable bonds is 6. The van der Waals surface area contributed by atoms with E-state index in [1.807, 2.05) is 13.0 Å². The Bertz CT molecular complexity index is 951. The maximum absolute atomic E-state index is 12.0. The molecule has 2 aromatic rings. The van der Waals surface area contributed by atoms with Gasteiger partial charge in [0.1, 0.15) is 23.0 Å². The lowest BCUT2D eigenvalue weighted by molar-refractivity contribution is -0.759. The molecule has 0 atom stereocenters. The van der Waals surface area contributed by atoms with Gasteiger partial charge >= 0.3 is 5.88 Å². The summed E-state index contributed by atoms with van der Waals surface area (Å²) in [6, 6.07) is 4.15. The standard InChI is InChI=1S/C16H15N7O2S/c1-2-23-7-13(25-22-23)20-12(24)8-26-16-11(6-18)14(9-3-4-9)10(5-17)15(19)21-16/h7,9H,2-4,8H2,1H3,(H2-,19,20,21,22,24). The molecule has 3 rings (SSSR count). The Balaban J connectivity index is 1.84. The molecule has 0 bridgehead atoms. The molecule has 10 heteroatoms. The molecule has 0 radical (unpaired) electrons. The zero-order valence-electron chi connectivity index (χ0n) is 14.0. The van der Waals surface area contributed by atoms with Crippen molar-refractivity contribution in [1.29, 1.82) is 10.5 Å². The van der Waals surface area contributed by atoms with E-state index in [0.29, 0.717) is 22.7 Å². The number of thioether (sulfide) groups is 1. The van der Waals surface area contributed by atoms with E-state index in [1.165, 1.54) is 10.9 Å². The minimum atomic E-state index is -0.448. The van der Waals surface area contributed by atoms with Crippen molar-refractivity contribution in [2.75, 3.05) is 11.5 Å². The molecule has 9 nitrogen and oxygen atoms in total. The molecule has 2 aromatic heterocycles. The maximum atomic E-state index is 12.0. The van der Waals surface area contributed by atoms with Crippen LogP contribution < -0.4 is 15.5 Å². The molecular formula is C16H15N7O2S. The third-order valence-electron chi connectivity index (χ3n) is 3.83. The fraction of sp³-hybridized carbons (Fsp3) is 0.375. The number of nitrogen functional groups attached to an aromatic ring is 1. The quantitative estimate of drug-likeness (QED) is 0.339. The Morgan fingerprint density at radius 1 is 1.46 bits per heavy atom. The van der Waals surface area contributed by atoms with E-state index in [9.17, 15) is 15.6 Å². The highest BCUT2D eigenvalue weighted by molar-refractivity contribution is 7.99. The van der Waals surface area contributed by atoms with E-state index in [0.717, 1.165) is 24.6 Å². The van der Waals surface area contributed by atoms with Crippen LogP contribution in [0.15, 0.2) is 20.7 Å². The largest absolute Gasteiger partial charge is 0.861 e. The maximum Gasteiger partial charge on any atom is 0.320 e. The SMILES string of the molecule is CC[n+]1cc(/N=C(/[O-])CSc2nc(N)c(C#N)c(C3CC3)c2C#N)on1. The van der Waals surface area contributed by atoms with Gasteiger partial charge in [-0.1, -0.05) is 16.4 Å². The van der Waals surface area contributed by atoms with Gasteiger partial charge in [0.25, 0.3) is 6.20 Å². The molecule has 1 fully saturated rings. The summed E-state index contributed by atoms with van der Waals surface area (Å²) in [5.74, 6) is -0.133. The molecule has 1 aliphatic rings. The minimum Gasteiger partial charge on any atom is -0.861 e. The Hall–Kier alpha value is -3.11. The van der Waals surface area contributed by atoms with Crippen LogP contribution in [0.25, 0.3) is 0 Å². The molecule has 132 valence electrons. The molecule has 1 aliphatic carbocycles. The molecule has 0 saturated heterocycles. The van der Waals surface area contributed by atoms with Crippen molar-refractivity contribution in [2.45, 2.75) is 37.3 Å². The smallest absolute Gasteiger partial charge is 0.320 e. The third kappa shape index (κ3) is 3.60. The summed E-state index contributed by atoms with van der Waals surface area (Å²) in [6.07, 6.45) is 3.34. The Morgan fingerprint density at radius 2 is 2.19 bits per heavy atom. The van der Waals surface area contributed by atoms with Crippen LogP contribution in [0, 0.1) is 22.7 Å². The predicted octanol–water partition coefficient (Wildman–Crippen LogP) is 0.763. The van der Waals surface area contributed by atoms with E-state index in [1.54, 1.807) is 0 Å². The lowest BCUT2D eigenvalue weighted by Crippen LogP contribution is -2.32. The van der Waals surface area contributed by atoms with E-state index >= 15 is 0 Å². The number of hydrogen-bond acceptors (Lipinski definition) is 9. The van der Waals surface area contributed by atoms with Gasteiger partial charge in [-0.3, -0.25) is 4.52 Å². The average Bonchev–Trinajstić information content (AvgIpc) is 3.38. The Kier molecular flexibility index (Phi) is 5.05. The number of aliphatic imine (C=N–C) groups is 1. The summed E-state index contributed by atoms with van der Waals surface area (Å²) in [5.41, 5.74) is 7.10. The fourth-order valence-corrected chi connectivity index (χ4v) is 3.25. The first-order chi connectivity index (χ1) is 12.6. The van der Waals surface area contributed by atoms with E-state index in [-0.39, 0.29) is 28.9 Å². The van der Waals surface area contributed by atoms with Crippen molar-refractivity contribution in [1.82, 2.24) is 10.3 Å². The minimum absolute atomic E-state index is 0.0377. The summed E-state index contributed by atoms with van der Waals surface area (Å²) in [5, 5.41) is 34.9. The van der Waals surface area contributed by atoms with Crippen LogP contribution in [0.4, 0.5) is 11.7 Å². The zero-order chi connectivity index (χ0) is 18.7. The molecule has 0 unspecified atom stereocenters. The highest BCUT2D eigenvalue weighted by atomic mass is 32.2. The van der Waals surface area contributed by atoms with Gasteiger partial charge in [0, 0.05) is 5.75 Å². The van der Waals surface area contributed by atoms with Gasteiger partial charge in [0.2, 0.25) is 5.27 Å². The number of aromatic nitrogens is 3. The number of aryl methyl sites for hydroxylation is 1. The molecule has 2 N–H and O–H groups in total. The Morgan fingerprint density at radius 3 is 2.77 bits per heavy atom. The van der Waals surface area contributed by atoms with Gasteiger partial charge in [-0.15, -0.1) is 0 Å². The van der Waals surface area contributed by atoms with Crippen molar-refractivity contribution < 1.29 is 14.3 Å². The molecule has 0 aromatic carbocycles. The second-order valence-electron chi connectivity index (χ2n) is 5.65.